The molecule has 0 bridgehead atoms. The number of benzene rings is 1. The van der Waals surface area contributed by atoms with Crippen molar-refractivity contribution in [2.75, 3.05) is 25.0 Å². The van der Waals surface area contributed by atoms with Gasteiger partial charge in [0.1, 0.15) is 0 Å². The van der Waals surface area contributed by atoms with Crippen LogP contribution in [0, 0.1) is 5.41 Å². The van der Waals surface area contributed by atoms with Gasteiger partial charge in [-0.25, -0.2) is 0 Å². The van der Waals surface area contributed by atoms with E-state index >= 15 is 0 Å². The van der Waals surface area contributed by atoms with Crippen LogP contribution < -0.4 is 5.32 Å². The number of hydrogen-bond acceptors (Lipinski definition) is 3. The van der Waals surface area contributed by atoms with Gasteiger partial charge >= 0.3 is 0 Å². The van der Waals surface area contributed by atoms with Gasteiger partial charge in [0.15, 0.2) is 0 Å². The Morgan fingerprint density at radius 1 is 1.22 bits per heavy atom. The van der Waals surface area contributed by atoms with Gasteiger partial charge in [-0.05, 0) is 24.6 Å². The van der Waals surface area contributed by atoms with E-state index in [2.05, 4.69) is 12.2 Å². The molecule has 0 aliphatic carbocycles. The van der Waals surface area contributed by atoms with Crippen molar-refractivity contribution in [2.24, 2.45) is 5.41 Å². The number of nitrogens with zero attached hydrogens (tertiary/aromatic N) is 1. The molecule has 23 heavy (non-hydrogen) atoms. The van der Waals surface area contributed by atoms with Crippen LogP contribution >= 0.6 is 0 Å². The van der Waals surface area contributed by atoms with Crippen molar-refractivity contribution in [1.82, 2.24) is 4.90 Å². The van der Waals surface area contributed by atoms with Gasteiger partial charge in [0.05, 0.1) is 6.61 Å². The van der Waals surface area contributed by atoms with E-state index in [4.69, 9.17) is 5.11 Å². The number of unbranched alkanes of at least 4 members (excludes halogenated alkanes) is 1. The summed E-state index contributed by atoms with van der Waals surface area (Å²) in [5, 5.41) is 12.0. The Balaban J connectivity index is 2.89. The first-order chi connectivity index (χ1) is 10.8. The summed E-state index contributed by atoms with van der Waals surface area (Å²) in [6.45, 7) is 8.45. The van der Waals surface area contributed by atoms with Crippen LogP contribution in [0.3, 0.4) is 0 Å². The number of rotatable bonds is 7. The van der Waals surface area contributed by atoms with Gasteiger partial charge in [0.2, 0.25) is 5.91 Å². The zero-order valence-corrected chi connectivity index (χ0v) is 14.6. The molecule has 5 heteroatoms. The molecular formula is C18H28N2O3. The van der Waals surface area contributed by atoms with E-state index in [1.165, 1.54) is 0 Å². The smallest absolute Gasteiger partial charge is 0.254 e. The minimum absolute atomic E-state index is 0.0596. The minimum Gasteiger partial charge on any atom is -0.395 e. The predicted molar refractivity (Wildman–Crippen MR) is 92.4 cm³/mol. The molecule has 0 heterocycles. The highest BCUT2D eigenvalue weighted by atomic mass is 16.3. The number of carbonyl (C=O) groups is 2. The Morgan fingerprint density at radius 3 is 2.48 bits per heavy atom. The monoisotopic (exact) mass is 320 g/mol. The average Bonchev–Trinajstić information content (AvgIpc) is 2.50. The molecule has 0 fully saturated rings. The molecule has 1 aromatic carbocycles. The van der Waals surface area contributed by atoms with Gasteiger partial charge < -0.3 is 15.3 Å². The molecular weight excluding hydrogens is 292 g/mol. The Labute approximate surface area is 138 Å². The maximum atomic E-state index is 12.6. The number of nitrogens with one attached hydrogen (secondary N) is 1. The topological polar surface area (TPSA) is 69.6 Å². The van der Waals surface area contributed by atoms with Crippen LogP contribution in [-0.2, 0) is 4.79 Å². The molecule has 0 aliphatic heterocycles. The molecule has 0 atom stereocenters. The van der Waals surface area contributed by atoms with Crippen LogP contribution in [0.2, 0.25) is 0 Å². The molecule has 0 spiro atoms. The van der Waals surface area contributed by atoms with Crippen molar-refractivity contribution in [2.45, 2.75) is 40.5 Å². The van der Waals surface area contributed by atoms with E-state index in [0.717, 1.165) is 12.8 Å². The summed E-state index contributed by atoms with van der Waals surface area (Å²) in [5.74, 6) is -0.223. The molecule has 0 radical (unpaired) electrons. The molecule has 0 saturated carbocycles. The number of aliphatic hydroxyl groups excluding tert-OH is 1. The Morgan fingerprint density at radius 2 is 1.91 bits per heavy atom. The van der Waals surface area contributed by atoms with Gasteiger partial charge in [0.25, 0.3) is 5.91 Å². The zero-order chi connectivity index (χ0) is 17.5. The third-order valence-electron chi connectivity index (χ3n) is 3.49. The number of carbonyl (C=O) groups excluding carboxylic acids is 2. The van der Waals surface area contributed by atoms with Crippen LogP contribution in [0.25, 0.3) is 0 Å². The summed E-state index contributed by atoms with van der Waals surface area (Å²) >= 11 is 0. The first-order valence-corrected chi connectivity index (χ1v) is 8.11. The lowest BCUT2D eigenvalue weighted by atomic mass is 9.95. The van der Waals surface area contributed by atoms with Crippen LogP contribution in [0.4, 0.5) is 5.69 Å². The van der Waals surface area contributed by atoms with Crippen molar-refractivity contribution < 1.29 is 14.7 Å². The summed E-state index contributed by atoms with van der Waals surface area (Å²) in [4.78, 5) is 26.3. The van der Waals surface area contributed by atoms with Gasteiger partial charge in [-0.2, -0.15) is 0 Å². The molecule has 5 nitrogen and oxygen atoms in total. The highest BCUT2D eigenvalue weighted by Crippen LogP contribution is 2.19. The van der Waals surface area contributed by atoms with Crippen molar-refractivity contribution >= 4 is 17.5 Å². The lowest BCUT2D eigenvalue weighted by Crippen LogP contribution is -2.34. The summed E-state index contributed by atoms with van der Waals surface area (Å²) in [5.41, 5.74) is 0.626. The number of aliphatic hydroxyl groups is 1. The lowest BCUT2D eigenvalue weighted by Gasteiger charge is -2.22. The molecule has 1 aromatic rings. The second-order valence-electron chi connectivity index (χ2n) is 6.65. The van der Waals surface area contributed by atoms with E-state index in [1.807, 2.05) is 20.8 Å². The summed E-state index contributed by atoms with van der Waals surface area (Å²) in [6, 6.07) is 6.93. The standard InChI is InChI=1S/C18H28N2O3/c1-5-6-10-20(11-12-21)16(22)14-8-7-9-15(13-14)19-17(23)18(2,3)4/h7-9,13,21H,5-6,10-12H2,1-4H3,(H,19,23). The third-order valence-corrected chi connectivity index (χ3v) is 3.49. The molecule has 0 aliphatic rings. The van der Waals surface area contributed by atoms with E-state index in [1.54, 1.807) is 29.2 Å². The average molecular weight is 320 g/mol. The SMILES string of the molecule is CCCCN(CCO)C(=O)c1cccc(NC(=O)C(C)(C)C)c1. The first-order valence-electron chi connectivity index (χ1n) is 8.11. The highest BCUT2D eigenvalue weighted by molar-refractivity contribution is 5.98. The Kier molecular flexibility index (Phi) is 7.23. The summed E-state index contributed by atoms with van der Waals surface area (Å²) in [6.07, 6.45) is 1.88. The fourth-order valence-electron chi connectivity index (χ4n) is 2.02. The van der Waals surface area contributed by atoms with Crippen molar-refractivity contribution in [3.63, 3.8) is 0 Å². The Hall–Kier alpha value is -1.88. The molecule has 0 unspecified atom stereocenters. The van der Waals surface area contributed by atoms with Crippen molar-refractivity contribution in [3.8, 4) is 0 Å². The highest BCUT2D eigenvalue weighted by Gasteiger charge is 2.22. The molecule has 2 amide bonds. The van der Waals surface area contributed by atoms with Crippen LogP contribution in [0.5, 0.6) is 0 Å². The van der Waals surface area contributed by atoms with Gasteiger partial charge in [-0.15, -0.1) is 0 Å². The van der Waals surface area contributed by atoms with Gasteiger partial charge in [-0.3, -0.25) is 9.59 Å². The van der Waals surface area contributed by atoms with Gasteiger partial charge in [0, 0.05) is 29.8 Å². The summed E-state index contributed by atoms with van der Waals surface area (Å²) in [7, 11) is 0. The summed E-state index contributed by atoms with van der Waals surface area (Å²) < 4.78 is 0. The quantitative estimate of drug-likeness (QED) is 0.811. The van der Waals surface area contributed by atoms with Crippen molar-refractivity contribution in [1.29, 1.82) is 0 Å². The lowest BCUT2D eigenvalue weighted by molar-refractivity contribution is -0.123. The maximum absolute atomic E-state index is 12.6. The number of anilines is 1. The largest absolute Gasteiger partial charge is 0.395 e. The van der Waals surface area contributed by atoms with Crippen LogP contribution in [-0.4, -0.2) is 41.5 Å². The predicted octanol–water partition coefficient (Wildman–Crippen LogP) is 2.91. The Bertz CT molecular complexity index is 535. The molecule has 128 valence electrons. The van der Waals surface area contributed by atoms with Crippen LogP contribution in [0.1, 0.15) is 50.9 Å². The zero-order valence-electron chi connectivity index (χ0n) is 14.6. The fourth-order valence-corrected chi connectivity index (χ4v) is 2.02. The maximum Gasteiger partial charge on any atom is 0.254 e. The van der Waals surface area contributed by atoms with E-state index in [9.17, 15) is 9.59 Å². The van der Waals surface area contributed by atoms with E-state index in [-0.39, 0.29) is 18.4 Å². The van der Waals surface area contributed by atoms with Gasteiger partial charge in [-0.1, -0.05) is 40.2 Å². The van der Waals surface area contributed by atoms with E-state index in [0.29, 0.717) is 24.3 Å². The number of amides is 2. The third kappa shape index (κ3) is 6.02. The molecule has 0 aromatic heterocycles. The molecule has 0 saturated heterocycles. The fraction of sp³-hybridized carbons (Fsp3) is 0.556. The van der Waals surface area contributed by atoms with E-state index < -0.39 is 5.41 Å². The normalized spacial score (nSPS) is 11.2. The van der Waals surface area contributed by atoms with Crippen molar-refractivity contribution in [3.05, 3.63) is 29.8 Å². The van der Waals surface area contributed by atoms with Crippen LogP contribution in [0.15, 0.2) is 24.3 Å². The number of hydrogen-bond donors (Lipinski definition) is 2. The first kappa shape index (κ1) is 19.2. The second kappa shape index (κ2) is 8.67. The molecule has 2 N–H and O–H groups in total. The molecule has 1 rings (SSSR count). The minimum atomic E-state index is -0.496. The second-order valence-corrected chi connectivity index (χ2v) is 6.65.